The highest BCUT2D eigenvalue weighted by Gasteiger charge is 2.37. The van der Waals surface area contributed by atoms with Crippen molar-refractivity contribution in [2.75, 3.05) is 71.8 Å². The molecule has 23 heteroatoms. The molecule has 0 spiro atoms. The van der Waals surface area contributed by atoms with Gasteiger partial charge >= 0.3 is 0 Å². The summed E-state index contributed by atoms with van der Waals surface area (Å²) in [7, 11) is -6.99. The lowest BCUT2D eigenvalue weighted by molar-refractivity contribution is -0.0108. The van der Waals surface area contributed by atoms with E-state index in [1.165, 1.54) is 55.0 Å². The van der Waals surface area contributed by atoms with E-state index in [0.29, 0.717) is 17.2 Å². The summed E-state index contributed by atoms with van der Waals surface area (Å²) in [6.45, 7) is 2.08. The Hall–Kier alpha value is -5.97. The van der Waals surface area contributed by atoms with Crippen LogP contribution in [-0.4, -0.2) is 111 Å². The van der Waals surface area contributed by atoms with Crippen molar-refractivity contribution in [3.05, 3.63) is 66.0 Å². The highest BCUT2D eigenvalue weighted by atomic mass is 32.2. The first-order valence-electron chi connectivity index (χ1n) is 20.8. The highest BCUT2D eigenvalue weighted by Crippen LogP contribution is 2.41. The Morgan fingerprint density at radius 3 is 2.02 bits per heavy atom. The number of ether oxygens (including phenoxy) is 4. The number of amides is 2. The molecule has 4 atom stereocenters. The van der Waals surface area contributed by atoms with E-state index in [9.17, 15) is 35.6 Å². The van der Waals surface area contributed by atoms with E-state index in [0.717, 1.165) is 0 Å². The fourth-order valence-corrected chi connectivity index (χ4v) is 9.89. The lowest BCUT2D eigenvalue weighted by atomic mass is 10.1. The van der Waals surface area contributed by atoms with Crippen LogP contribution in [0.3, 0.4) is 0 Å². The zero-order valence-electron chi connectivity index (χ0n) is 35.4. The third kappa shape index (κ3) is 10.6. The van der Waals surface area contributed by atoms with Crippen molar-refractivity contribution >= 4 is 54.2 Å². The number of halogens is 4. The van der Waals surface area contributed by atoms with E-state index < -0.39 is 67.8 Å². The molecular weight excluding hydrogens is 899 g/mol. The Kier molecular flexibility index (Phi) is 12.5. The number of pyridine rings is 3. The number of nitrogens with zero attached hydrogens (tertiary/aromatic N) is 5. The molecule has 4 aromatic rings. The van der Waals surface area contributed by atoms with Gasteiger partial charge in [-0.25, -0.2) is 45.5 Å². The van der Waals surface area contributed by atoms with Crippen LogP contribution in [0.4, 0.5) is 40.4 Å². The maximum absolute atomic E-state index is 14.5. The number of fused-ring (bicyclic) bond motifs is 2. The van der Waals surface area contributed by atoms with E-state index in [4.69, 9.17) is 28.5 Å². The van der Waals surface area contributed by atoms with Crippen LogP contribution in [0, 0.1) is 9.56 Å². The van der Waals surface area contributed by atoms with Crippen molar-refractivity contribution < 1.29 is 54.5 Å². The summed E-state index contributed by atoms with van der Waals surface area (Å²) in [5.41, 5.74) is 0.792. The molecule has 0 saturated carbocycles. The third-order valence-electron chi connectivity index (χ3n) is 11.2. The lowest BCUT2D eigenvalue weighted by Gasteiger charge is -2.30. The van der Waals surface area contributed by atoms with Gasteiger partial charge in [0.25, 0.3) is 17.7 Å². The molecule has 2 amide bonds. The lowest BCUT2D eigenvalue weighted by Crippen LogP contribution is -2.37. The Morgan fingerprint density at radius 2 is 1.34 bits per heavy atom. The number of carbonyl (C=O) groups is 2. The van der Waals surface area contributed by atoms with Crippen molar-refractivity contribution in [3.63, 3.8) is 0 Å². The van der Waals surface area contributed by atoms with E-state index in [1.54, 1.807) is 15.9 Å². The highest BCUT2D eigenvalue weighted by molar-refractivity contribution is 7.92. The first-order valence-corrected chi connectivity index (χ1v) is 24.5. The van der Waals surface area contributed by atoms with Crippen LogP contribution in [0.25, 0.3) is 0 Å². The summed E-state index contributed by atoms with van der Waals surface area (Å²) < 4.78 is 125. The molecule has 65 heavy (non-hydrogen) atoms. The van der Waals surface area contributed by atoms with Crippen LogP contribution in [0.5, 0.6) is 23.1 Å². The molecule has 8 rings (SSSR count). The zero-order chi connectivity index (χ0) is 46.3. The zero-order valence-corrected chi connectivity index (χ0v) is 37.0. The molecule has 0 bridgehead atoms. The molecule has 2 saturated heterocycles. The van der Waals surface area contributed by atoms with E-state index >= 15 is 0 Å². The van der Waals surface area contributed by atoms with Crippen molar-refractivity contribution in [1.82, 2.24) is 15.0 Å². The molecule has 0 radical (unpaired) electrons. The molecule has 4 aliphatic heterocycles. The summed E-state index contributed by atoms with van der Waals surface area (Å²) in [4.78, 5) is 43.8. The maximum atomic E-state index is 14.5. The second kappa shape index (κ2) is 17.8. The minimum Gasteiger partial charge on any atom is -0.486 e. The minimum absolute atomic E-state index is 0.00372. The molecule has 0 aliphatic carbocycles. The minimum atomic E-state index is -3.77. The fourth-order valence-electron chi connectivity index (χ4n) is 7.87. The van der Waals surface area contributed by atoms with Crippen LogP contribution >= 0.6 is 0 Å². The molecule has 4 N–H and O–H groups in total. The number of alkyl halides is 4. The summed E-state index contributed by atoms with van der Waals surface area (Å²) >= 11 is 0. The Labute approximate surface area is 372 Å². The second-order valence-electron chi connectivity index (χ2n) is 16.5. The number of benzene rings is 1. The van der Waals surface area contributed by atoms with Gasteiger partial charge < -0.3 is 39.4 Å². The number of anilines is 4. The Morgan fingerprint density at radius 1 is 0.754 bits per heavy atom. The molecule has 4 unspecified atom stereocenters. The van der Waals surface area contributed by atoms with Gasteiger partial charge in [-0.15, -0.1) is 0 Å². The summed E-state index contributed by atoms with van der Waals surface area (Å²) in [6.07, 6.45) is 1.21. The van der Waals surface area contributed by atoms with Crippen molar-refractivity contribution in [3.8, 4) is 23.1 Å². The predicted molar refractivity (Wildman–Crippen MR) is 232 cm³/mol. The SMILES string of the molecule is CC1COc2cc(C(=O)Nc3ccnc(S(=N)(=O)CC4COc5cc(C(=O)Nc6ccnc(S(C)(=N)=O)c6)c(N6CCCC(F)(F)CC6)nc5O4)c3)c(N3CCCC(F)(F)CC3)cc2O1. The summed E-state index contributed by atoms with van der Waals surface area (Å²) in [6, 6.07) is 9.95. The van der Waals surface area contributed by atoms with Gasteiger partial charge in [0.15, 0.2) is 17.2 Å². The van der Waals surface area contributed by atoms with Gasteiger partial charge in [-0.3, -0.25) is 9.59 Å². The van der Waals surface area contributed by atoms with E-state index in [1.807, 2.05) is 6.92 Å². The van der Waals surface area contributed by atoms with Crippen molar-refractivity contribution in [2.45, 2.75) is 79.6 Å². The number of rotatable bonds is 10. The molecule has 7 heterocycles. The first kappa shape index (κ1) is 45.6. The third-order valence-corrected chi connectivity index (χ3v) is 14.0. The molecule has 4 aliphatic rings. The second-order valence-corrected chi connectivity index (χ2v) is 20.7. The fraction of sp³-hybridized carbons (Fsp3) is 0.452. The molecule has 2 fully saturated rings. The van der Waals surface area contributed by atoms with Gasteiger partial charge in [0.1, 0.15) is 41.3 Å². The number of nitrogens with one attached hydrogen (secondary N) is 4. The smallest absolute Gasteiger partial charge is 0.259 e. The number of carbonyl (C=O) groups excluding carboxylic acids is 2. The van der Waals surface area contributed by atoms with Crippen LogP contribution in [-0.2, 0) is 19.5 Å². The van der Waals surface area contributed by atoms with Crippen molar-refractivity contribution in [2.24, 2.45) is 0 Å². The number of aromatic nitrogens is 3. The normalized spacial score (nSPS) is 22.0. The number of hydrogen-bond acceptors (Lipinski definition) is 15. The standard InChI is InChI=1S/C42H47F4N9O8S2/c1-25-22-60-32-19-29(31(21-33(32)62-25)54-13-3-7-41(43,44)9-15-54)38(56)51-27-6-12-50-36(18-27)65(48,59)24-28-23-61-34-20-30(39(57)52-26-5-11-49-35(17-26)64(2,47)58)37(53-40(34)63-28)55-14-4-8-42(45,46)10-16-55/h5-6,11-12,17-21,25,28,47-48H,3-4,7-10,13-16,22-24H2,1-2H3,(H,49,52,57)(H,50,51,56). The largest absolute Gasteiger partial charge is 0.486 e. The topological polar surface area (TPSA) is 222 Å². The quantitative estimate of drug-likeness (QED) is 0.117. The van der Waals surface area contributed by atoms with Crippen molar-refractivity contribution in [1.29, 1.82) is 9.56 Å². The van der Waals surface area contributed by atoms with Gasteiger partial charge in [0.2, 0.25) is 11.8 Å². The Bertz CT molecular complexity index is 2730. The van der Waals surface area contributed by atoms with Crippen LogP contribution in [0.2, 0.25) is 0 Å². The van der Waals surface area contributed by atoms with Crippen LogP contribution in [0.1, 0.15) is 66.2 Å². The molecule has 17 nitrogen and oxygen atoms in total. The van der Waals surface area contributed by atoms with Gasteiger partial charge in [0, 0.05) is 94.0 Å². The summed E-state index contributed by atoms with van der Waals surface area (Å²) in [5.74, 6) is -6.95. The van der Waals surface area contributed by atoms with Crippen LogP contribution in [0.15, 0.2) is 64.9 Å². The summed E-state index contributed by atoms with van der Waals surface area (Å²) in [5, 5.41) is 5.19. The van der Waals surface area contributed by atoms with Crippen LogP contribution < -0.4 is 39.4 Å². The van der Waals surface area contributed by atoms with Gasteiger partial charge in [-0.2, -0.15) is 4.98 Å². The first-order chi connectivity index (χ1) is 30.7. The van der Waals surface area contributed by atoms with Gasteiger partial charge in [0.05, 0.1) is 42.0 Å². The average molecular weight is 946 g/mol. The molecular formula is C42H47F4N9O8S2. The Balaban J connectivity index is 1.01. The molecule has 348 valence electrons. The average Bonchev–Trinajstić information content (AvgIpc) is 3.55. The molecule has 3 aromatic heterocycles. The van der Waals surface area contributed by atoms with Gasteiger partial charge in [-0.05, 0) is 50.1 Å². The number of hydrogen-bond donors (Lipinski definition) is 4. The predicted octanol–water partition coefficient (Wildman–Crippen LogP) is 7.07. The van der Waals surface area contributed by atoms with E-state index in [2.05, 4.69) is 25.6 Å². The van der Waals surface area contributed by atoms with E-state index in [-0.39, 0.29) is 121 Å². The maximum Gasteiger partial charge on any atom is 0.259 e. The van der Waals surface area contributed by atoms with Gasteiger partial charge in [-0.1, -0.05) is 0 Å². The molecule has 1 aromatic carbocycles. The monoisotopic (exact) mass is 945 g/mol.